The van der Waals surface area contributed by atoms with Gasteiger partial charge in [-0.15, -0.1) is 0 Å². The van der Waals surface area contributed by atoms with E-state index >= 15 is 0 Å². The van der Waals surface area contributed by atoms with Gasteiger partial charge >= 0.3 is 0 Å². The summed E-state index contributed by atoms with van der Waals surface area (Å²) < 4.78 is 3.86. The van der Waals surface area contributed by atoms with Gasteiger partial charge in [-0.3, -0.25) is 0 Å². The Kier molecular flexibility index (Phi) is 3.97. The van der Waals surface area contributed by atoms with Gasteiger partial charge in [-0.2, -0.15) is 10.2 Å². The predicted octanol–water partition coefficient (Wildman–Crippen LogP) is 2.70. The van der Waals surface area contributed by atoms with Crippen molar-refractivity contribution in [3.63, 3.8) is 0 Å². The average molecular weight is 390 g/mol. The molecule has 4 aromatic heterocycles. The molecular formula is C21H26N8. The lowest BCUT2D eigenvalue weighted by Crippen LogP contribution is -2.47. The maximum atomic E-state index is 4.76. The minimum atomic E-state index is 0.00964. The first kappa shape index (κ1) is 17.9. The van der Waals surface area contributed by atoms with Crippen molar-refractivity contribution < 1.29 is 0 Å². The summed E-state index contributed by atoms with van der Waals surface area (Å²) in [4.78, 5) is 14.0. The molecule has 0 N–H and O–H groups in total. The zero-order chi connectivity index (χ0) is 20.2. The standard InChI is InChI=1S/C21H26N8/c1-15-13-16-19(22-5-7-28(16)24-15)26-9-11-27(12-10-26)20-17-14-18(21(2,3)4)25-29(17)8-6-23-20/h5-8,13-14H,9-12H2,1-4H3. The predicted molar refractivity (Wildman–Crippen MR) is 114 cm³/mol. The molecule has 4 aromatic rings. The summed E-state index contributed by atoms with van der Waals surface area (Å²) in [5.74, 6) is 2.00. The quantitative estimate of drug-likeness (QED) is 0.524. The zero-order valence-electron chi connectivity index (χ0n) is 17.4. The first-order chi connectivity index (χ1) is 13.9. The first-order valence-electron chi connectivity index (χ1n) is 10.1. The molecule has 5 rings (SSSR count). The van der Waals surface area contributed by atoms with Crippen molar-refractivity contribution in [2.75, 3.05) is 36.0 Å². The van der Waals surface area contributed by atoms with Crippen LogP contribution in [0, 0.1) is 6.92 Å². The lowest BCUT2D eigenvalue weighted by Gasteiger charge is -2.36. The topological polar surface area (TPSA) is 66.9 Å². The van der Waals surface area contributed by atoms with E-state index in [0.717, 1.165) is 60.2 Å². The van der Waals surface area contributed by atoms with Crippen molar-refractivity contribution in [3.8, 4) is 0 Å². The van der Waals surface area contributed by atoms with Crippen molar-refractivity contribution in [3.05, 3.63) is 48.3 Å². The second kappa shape index (κ2) is 6.43. The fraction of sp³-hybridized carbons (Fsp3) is 0.429. The molecule has 0 amide bonds. The molecule has 0 unspecified atom stereocenters. The number of nitrogens with zero attached hydrogens (tertiary/aromatic N) is 8. The number of rotatable bonds is 2. The van der Waals surface area contributed by atoms with Crippen LogP contribution in [-0.4, -0.2) is 55.4 Å². The molecular weight excluding hydrogens is 364 g/mol. The molecule has 29 heavy (non-hydrogen) atoms. The summed E-state index contributed by atoms with van der Waals surface area (Å²) >= 11 is 0. The number of hydrogen-bond acceptors (Lipinski definition) is 6. The highest BCUT2D eigenvalue weighted by molar-refractivity contribution is 5.72. The zero-order valence-corrected chi connectivity index (χ0v) is 17.4. The third-order valence-electron chi connectivity index (χ3n) is 5.51. The molecule has 0 radical (unpaired) electrons. The number of hydrogen-bond donors (Lipinski definition) is 0. The molecule has 5 heterocycles. The van der Waals surface area contributed by atoms with Crippen LogP contribution >= 0.6 is 0 Å². The van der Waals surface area contributed by atoms with Gasteiger partial charge in [0.05, 0.1) is 11.4 Å². The number of piperazine rings is 1. The van der Waals surface area contributed by atoms with Crippen LogP contribution in [0.3, 0.4) is 0 Å². The first-order valence-corrected chi connectivity index (χ1v) is 10.1. The number of anilines is 2. The summed E-state index contributed by atoms with van der Waals surface area (Å²) in [6.07, 6.45) is 7.49. The van der Waals surface area contributed by atoms with Crippen LogP contribution in [0.2, 0.25) is 0 Å². The van der Waals surface area contributed by atoms with Crippen molar-refractivity contribution in [2.45, 2.75) is 33.1 Å². The van der Waals surface area contributed by atoms with Crippen molar-refractivity contribution in [2.24, 2.45) is 0 Å². The number of fused-ring (bicyclic) bond motifs is 2. The van der Waals surface area contributed by atoms with Crippen LogP contribution in [0.1, 0.15) is 32.2 Å². The summed E-state index contributed by atoms with van der Waals surface area (Å²) in [7, 11) is 0. The monoisotopic (exact) mass is 390 g/mol. The molecule has 0 spiro atoms. The van der Waals surface area contributed by atoms with Crippen molar-refractivity contribution in [1.82, 2.24) is 29.2 Å². The van der Waals surface area contributed by atoms with Gasteiger partial charge in [0.2, 0.25) is 0 Å². The van der Waals surface area contributed by atoms with E-state index in [1.54, 1.807) is 0 Å². The van der Waals surface area contributed by atoms with E-state index in [1.165, 1.54) is 0 Å². The van der Waals surface area contributed by atoms with Gasteiger partial charge in [-0.05, 0) is 19.1 Å². The van der Waals surface area contributed by atoms with Crippen LogP contribution in [0.5, 0.6) is 0 Å². The summed E-state index contributed by atoms with van der Waals surface area (Å²) in [6.45, 7) is 12.1. The Morgan fingerprint density at radius 1 is 0.759 bits per heavy atom. The maximum Gasteiger partial charge on any atom is 0.154 e. The van der Waals surface area contributed by atoms with E-state index in [4.69, 9.17) is 10.1 Å². The highest BCUT2D eigenvalue weighted by atomic mass is 15.3. The molecule has 0 saturated carbocycles. The number of aromatic nitrogens is 6. The SMILES string of the molecule is Cc1cc2c(N3CCN(c4nccn5nc(C(C)(C)C)cc45)CC3)nccn2n1. The van der Waals surface area contributed by atoms with Crippen LogP contribution in [0.25, 0.3) is 11.0 Å². The third-order valence-corrected chi connectivity index (χ3v) is 5.51. The molecule has 1 saturated heterocycles. The Balaban J connectivity index is 1.41. The smallest absolute Gasteiger partial charge is 0.154 e. The molecule has 0 aliphatic carbocycles. The summed E-state index contributed by atoms with van der Waals surface area (Å²) in [5, 5.41) is 9.27. The molecule has 1 aliphatic rings. The summed E-state index contributed by atoms with van der Waals surface area (Å²) in [5.41, 5.74) is 4.22. The Hall–Kier alpha value is -3.16. The minimum Gasteiger partial charge on any atom is -0.351 e. The van der Waals surface area contributed by atoms with Crippen LogP contribution < -0.4 is 9.80 Å². The van der Waals surface area contributed by atoms with E-state index < -0.39 is 0 Å². The van der Waals surface area contributed by atoms with Gasteiger partial charge in [0.1, 0.15) is 11.0 Å². The molecule has 0 atom stereocenters. The molecule has 0 bridgehead atoms. The van der Waals surface area contributed by atoms with Crippen LogP contribution in [0.4, 0.5) is 11.6 Å². The Labute approximate surface area is 169 Å². The third kappa shape index (κ3) is 3.08. The number of aryl methyl sites for hydroxylation is 1. The lowest BCUT2D eigenvalue weighted by atomic mass is 9.92. The van der Waals surface area contributed by atoms with E-state index in [1.807, 2.05) is 40.7 Å². The average Bonchev–Trinajstić information content (AvgIpc) is 3.30. The van der Waals surface area contributed by atoms with E-state index in [0.29, 0.717) is 0 Å². The van der Waals surface area contributed by atoms with E-state index in [2.05, 4.69) is 52.8 Å². The molecule has 1 fully saturated rings. The minimum absolute atomic E-state index is 0.00964. The van der Waals surface area contributed by atoms with Gasteiger partial charge in [-0.1, -0.05) is 20.8 Å². The molecule has 8 heteroatoms. The van der Waals surface area contributed by atoms with Crippen molar-refractivity contribution in [1.29, 1.82) is 0 Å². The molecule has 150 valence electrons. The molecule has 1 aliphatic heterocycles. The Bertz CT molecular complexity index is 1170. The lowest BCUT2D eigenvalue weighted by molar-refractivity contribution is 0.562. The molecule has 8 nitrogen and oxygen atoms in total. The van der Waals surface area contributed by atoms with Crippen molar-refractivity contribution >= 4 is 22.7 Å². The van der Waals surface area contributed by atoms with Gasteiger partial charge < -0.3 is 9.80 Å². The van der Waals surface area contributed by atoms with Gasteiger partial charge in [0.25, 0.3) is 0 Å². The molecule has 0 aromatic carbocycles. The van der Waals surface area contributed by atoms with Crippen LogP contribution in [-0.2, 0) is 5.41 Å². The Morgan fingerprint density at radius 2 is 1.28 bits per heavy atom. The largest absolute Gasteiger partial charge is 0.351 e. The Morgan fingerprint density at radius 3 is 1.83 bits per heavy atom. The second-order valence-electron chi connectivity index (χ2n) is 8.70. The highest BCUT2D eigenvalue weighted by Gasteiger charge is 2.24. The van der Waals surface area contributed by atoms with E-state index in [-0.39, 0.29) is 5.41 Å². The summed E-state index contributed by atoms with van der Waals surface area (Å²) in [6, 6.07) is 4.27. The normalized spacial score (nSPS) is 15.6. The fourth-order valence-corrected chi connectivity index (χ4v) is 3.92. The maximum absolute atomic E-state index is 4.76. The van der Waals surface area contributed by atoms with Gasteiger partial charge in [0, 0.05) is 56.4 Å². The van der Waals surface area contributed by atoms with Gasteiger partial charge in [0.15, 0.2) is 11.6 Å². The fourth-order valence-electron chi connectivity index (χ4n) is 3.92. The van der Waals surface area contributed by atoms with Gasteiger partial charge in [-0.25, -0.2) is 19.0 Å². The van der Waals surface area contributed by atoms with Crippen LogP contribution in [0.15, 0.2) is 36.9 Å². The second-order valence-corrected chi connectivity index (χ2v) is 8.70. The highest BCUT2D eigenvalue weighted by Crippen LogP contribution is 2.28. The van der Waals surface area contributed by atoms with E-state index in [9.17, 15) is 0 Å².